The van der Waals surface area contributed by atoms with Crippen LogP contribution in [0.15, 0.2) is 66.7 Å². The molecule has 0 N–H and O–H groups in total. The maximum absolute atomic E-state index is 10.8. The van der Waals surface area contributed by atoms with Gasteiger partial charge in [0.15, 0.2) is 0 Å². The van der Waals surface area contributed by atoms with Crippen LogP contribution < -0.4 is 9.47 Å². The quantitative estimate of drug-likeness (QED) is 0.489. The van der Waals surface area contributed by atoms with Crippen LogP contribution in [0.4, 0.5) is 5.69 Å². The van der Waals surface area contributed by atoms with Gasteiger partial charge in [0, 0.05) is 12.1 Å². The fraction of sp³-hybridized carbons (Fsp3) is 0.0526. The molecule has 7 nitrogen and oxygen atoms in total. The molecule has 0 aliphatic rings. The Hall–Kier alpha value is -3.92. The van der Waals surface area contributed by atoms with Crippen LogP contribution in [0.1, 0.15) is 11.3 Å². The lowest BCUT2D eigenvalue weighted by molar-refractivity contribution is -0.385. The molecule has 7 heteroatoms. The van der Waals surface area contributed by atoms with Crippen molar-refractivity contribution in [3.63, 3.8) is 0 Å². The highest BCUT2D eigenvalue weighted by Gasteiger charge is 2.16. The second kappa shape index (κ2) is 7.77. The van der Waals surface area contributed by atoms with Crippen LogP contribution in [0.2, 0.25) is 0 Å². The van der Waals surface area contributed by atoms with E-state index in [-0.39, 0.29) is 17.3 Å². The Morgan fingerprint density at radius 3 is 2.35 bits per heavy atom. The Morgan fingerprint density at radius 1 is 1.00 bits per heavy atom. The maximum Gasteiger partial charge on any atom is 0.305 e. The van der Waals surface area contributed by atoms with Crippen LogP contribution in [-0.2, 0) is 6.61 Å². The highest BCUT2D eigenvalue weighted by molar-refractivity contribution is 5.46. The minimum atomic E-state index is -0.659. The predicted octanol–water partition coefficient (Wildman–Crippen LogP) is 4.23. The van der Waals surface area contributed by atoms with Crippen LogP contribution >= 0.6 is 0 Å². The monoisotopic (exact) mass is 347 g/mol. The third-order valence-electron chi connectivity index (χ3n) is 3.45. The van der Waals surface area contributed by atoms with E-state index in [4.69, 9.17) is 14.7 Å². The summed E-state index contributed by atoms with van der Waals surface area (Å²) in [5.74, 6) is 1.25. The highest BCUT2D eigenvalue weighted by Crippen LogP contribution is 2.25. The van der Waals surface area contributed by atoms with Gasteiger partial charge in [0.25, 0.3) is 0 Å². The second-order valence-corrected chi connectivity index (χ2v) is 5.23. The van der Waals surface area contributed by atoms with Crippen molar-refractivity contribution >= 4 is 5.69 Å². The Balaban J connectivity index is 1.66. The summed E-state index contributed by atoms with van der Waals surface area (Å²) in [7, 11) is 0. The van der Waals surface area contributed by atoms with E-state index in [1.165, 1.54) is 12.1 Å². The Kier molecular flexibility index (Phi) is 5.05. The molecule has 0 saturated heterocycles. The second-order valence-electron chi connectivity index (χ2n) is 5.23. The molecule has 1 heterocycles. The zero-order valence-electron chi connectivity index (χ0n) is 13.5. The summed E-state index contributed by atoms with van der Waals surface area (Å²) in [5, 5.41) is 19.8. The molecule has 0 aliphatic carbocycles. The zero-order valence-corrected chi connectivity index (χ0v) is 13.5. The smallest absolute Gasteiger partial charge is 0.305 e. The molecule has 3 rings (SSSR count). The standard InChI is InChI=1S/C19H13N3O4/c20-12-17-18(22(23)24)10-11-19(21-17)26-16-8-6-15(7-9-16)25-13-14-4-2-1-3-5-14/h1-11H,13H2. The van der Waals surface area contributed by atoms with E-state index in [1.54, 1.807) is 30.3 Å². The van der Waals surface area contributed by atoms with E-state index in [0.29, 0.717) is 18.1 Å². The first-order valence-corrected chi connectivity index (χ1v) is 7.66. The summed E-state index contributed by atoms with van der Waals surface area (Å²) in [5.41, 5.74) is 0.409. The number of pyridine rings is 1. The van der Waals surface area contributed by atoms with Gasteiger partial charge >= 0.3 is 5.69 Å². The van der Waals surface area contributed by atoms with Crippen LogP contribution in [0.5, 0.6) is 17.4 Å². The lowest BCUT2D eigenvalue weighted by Crippen LogP contribution is -1.97. The van der Waals surface area contributed by atoms with Crippen molar-refractivity contribution in [2.75, 3.05) is 0 Å². The lowest BCUT2D eigenvalue weighted by atomic mass is 10.2. The average molecular weight is 347 g/mol. The van der Waals surface area contributed by atoms with Crippen LogP contribution in [0.25, 0.3) is 0 Å². The number of ether oxygens (including phenoxy) is 2. The highest BCUT2D eigenvalue weighted by atomic mass is 16.6. The van der Waals surface area contributed by atoms with Crippen LogP contribution in [0.3, 0.4) is 0 Å². The van der Waals surface area contributed by atoms with Gasteiger partial charge in [0.05, 0.1) is 4.92 Å². The first-order chi connectivity index (χ1) is 12.7. The van der Waals surface area contributed by atoms with Crippen LogP contribution in [0, 0.1) is 21.4 Å². The molecule has 26 heavy (non-hydrogen) atoms. The molecule has 2 aromatic carbocycles. The summed E-state index contributed by atoms with van der Waals surface area (Å²) < 4.78 is 11.2. The molecular formula is C19H13N3O4. The molecule has 0 unspecified atom stereocenters. The van der Waals surface area contributed by atoms with Gasteiger partial charge in [-0.25, -0.2) is 0 Å². The third kappa shape index (κ3) is 4.13. The number of nitrogens with zero attached hydrogens (tertiary/aromatic N) is 3. The molecule has 3 aromatic rings. The van der Waals surface area contributed by atoms with Gasteiger partial charge in [-0.3, -0.25) is 10.1 Å². The third-order valence-corrected chi connectivity index (χ3v) is 3.45. The molecule has 0 fully saturated rings. The topological polar surface area (TPSA) is 98.3 Å². The number of aromatic nitrogens is 1. The van der Waals surface area contributed by atoms with Crippen molar-refractivity contribution in [2.45, 2.75) is 6.61 Å². The summed E-state index contributed by atoms with van der Waals surface area (Å²) >= 11 is 0. The van der Waals surface area contributed by atoms with E-state index >= 15 is 0 Å². The number of nitro groups is 1. The minimum absolute atomic E-state index is 0.102. The zero-order chi connectivity index (χ0) is 18.4. The summed E-state index contributed by atoms with van der Waals surface area (Å²) in [4.78, 5) is 14.0. The summed E-state index contributed by atoms with van der Waals surface area (Å²) in [6.07, 6.45) is 0. The van der Waals surface area contributed by atoms with Gasteiger partial charge in [-0.15, -0.1) is 0 Å². The van der Waals surface area contributed by atoms with E-state index in [2.05, 4.69) is 4.98 Å². The first-order valence-electron chi connectivity index (χ1n) is 7.66. The molecular weight excluding hydrogens is 334 g/mol. The Morgan fingerprint density at radius 2 is 1.69 bits per heavy atom. The molecule has 0 radical (unpaired) electrons. The van der Waals surface area contributed by atoms with Gasteiger partial charge in [-0.1, -0.05) is 30.3 Å². The van der Waals surface area contributed by atoms with Crippen molar-refractivity contribution in [3.05, 3.63) is 88.1 Å². The van der Waals surface area contributed by atoms with Crippen molar-refractivity contribution in [3.8, 4) is 23.4 Å². The van der Waals surface area contributed by atoms with Crippen LogP contribution in [-0.4, -0.2) is 9.91 Å². The predicted molar refractivity (Wildman–Crippen MR) is 92.9 cm³/mol. The summed E-state index contributed by atoms with van der Waals surface area (Å²) in [6.45, 7) is 0.455. The number of nitriles is 1. The van der Waals surface area contributed by atoms with E-state index < -0.39 is 4.92 Å². The summed E-state index contributed by atoms with van der Waals surface area (Å²) in [6, 6.07) is 20.9. The van der Waals surface area contributed by atoms with E-state index in [9.17, 15) is 10.1 Å². The van der Waals surface area contributed by atoms with Gasteiger partial charge in [0.1, 0.15) is 24.2 Å². The van der Waals surface area contributed by atoms with Gasteiger partial charge in [-0.05, 0) is 29.8 Å². The molecule has 0 aliphatic heterocycles. The van der Waals surface area contributed by atoms with Gasteiger partial charge in [0.2, 0.25) is 11.6 Å². The minimum Gasteiger partial charge on any atom is -0.489 e. The molecule has 0 bridgehead atoms. The normalized spacial score (nSPS) is 9.96. The maximum atomic E-state index is 10.8. The molecule has 1 aromatic heterocycles. The number of rotatable bonds is 6. The van der Waals surface area contributed by atoms with Crippen molar-refractivity contribution in [1.29, 1.82) is 5.26 Å². The molecule has 128 valence electrons. The Labute approximate surface area is 149 Å². The molecule has 0 amide bonds. The number of benzene rings is 2. The van der Waals surface area contributed by atoms with Crippen molar-refractivity contribution in [1.82, 2.24) is 4.98 Å². The lowest BCUT2D eigenvalue weighted by Gasteiger charge is -2.08. The fourth-order valence-corrected chi connectivity index (χ4v) is 2.19. The number of hydrogen-bond acceptors (Lipinski definition) is 6. The Bertz CT molecular complexity index is 951. The molecule has 0 saturated carbocycles. The number of hydrogen-bond donors (Lipinski definition) is 0. The van der Waals surface area contributed by atoms with Crippen molar-refractivity contribution in [2.24, 2.45) is 0 Å². The largest absolute Gasteiger partial charge is 0.489 e. The average Bonchev–Trinajstić information content (AvgIpc) is 2.68. The van der Waals surface area contributed by atoms with E-state index in [0.717, 1.165) is 5.56 Å². The first kappa shape index (κ1) is 16.9. The fourth-order valence-electron chi connectivity index (χ4n) is 2.19. The van der Waals surface area contributed by atoms with Gasteiger partial charge < -0.3 is 9.47 Å². The SMILES string of the molecule is N#Cc1nc(Oc2ccc(OCc3ccccc3)cc2)ccc1[N+](=O)[O-]. The van der Waals surface area contributed by atoms with E-state index in [1.807, 2.05) is 30.3 Å². The van der Waals surface area contributed by atoms with Gasteiger partial charge in [-0.2, -0.15) is 10.2 Å². The molecule has 0 atom stereocenters. The van der Waals surface area contributed by atoms with Crippen molar-refractivity contribution < 1.29 is 14.4 Å². The molecule has 0 spiro atoms.